The van der Waals surface area contributed by atoms with Crippen LogP contribution in [0.5, 0.6) is 0 Å². The number of cyclic esters (lactones) is 1. The molecule has 0 radical (unpaired) electrons. The fourth-order valence-corrected chi connectivity index (χ4v) is 9.50. The van der Waals surface area contributed by atoms with Crippen LogP contribution >= 0.6 is 0 Å². The van der Waals surface area contributed by atoms with E-state index in [1.807, 2.05) is 0 Å². The molecule has 0 aromatic heterocycles. The number of carbonyl (C=O) groups is 1. The minimum atomic E-state index is -1.83. The van der Waals surface area contributed by atoms with Crippen molar-refractivity contribution >= 4 is 14.3 Å². The van der Waals surface area contributed by atoms with Gasteiger partial charge >= 0.3 is 5.97 Å². The molecule has 0 unspecified atom stereocenters. The molecule has 0 spiro atoms. The first-order valence-corrected chi connectivity index (χ1v) is 10.2. The fourth-order valence-electron chi connectivity index (χ4n) is 3.99. The first-order valence-electron chi connectivity index (χ1n) is 8.09. The van der Waals surface area contributed by atoms with Gasteiger partial charge in [-0.15, -0.1) is 0 Å². The molecule has 4 heteroatoms. The zero-order valence-electron chi connectivity index (χ0n) is 14.2. The second-order valence-electron chi connectivity index (χ2n) is 7.03. The molecule has 3 nitrogen and oxygen atoms in total. The Labute approximate surface area is 125 Å². The smallest absolute Gasteiger partial charge is 0.306 e. The summed E-state index contributed by atoms with van der Waals surface area (Å²) in [6.45, 7) is 16.5. The van der Waals surface area contributed by atoms with Gasteiger partial charge in [-0.05, 0) is 23.0 Å². The molecule has 1 aliphatic heterocycles. The van der Waals surface area contributed by atoms with Gasteiger partial charge < -0.3 is 9.16 Å². The number of carbonyl (C=O) groups excluding carboxylic acids is 1. The summed E-state index contributed by atoms with van der Waals surface area (Å²) in [6.07, 6.45) is 1.47. The van der Waals surface area contributed by atoms with Crippen LogP contribution in [0.25, 0.3) is 0 Å². The Morgan fingerprint density at radius 1 is 1.15 bits per heavy atom. The molecule has 1 fully saturated rings. The van der Waals surface area contributed by atoms with Crippen LogP contribution in [0.4, 0.5) is 0 Å². The highest BCUT2D eigenvalue weighted by Gasteiger charge is 2.46. The van der Waals surface area contributed by atoms with Gasteiger partial charge in [0.25, 0.3) is 0 Å². The van der Waals surface area contributed by atoms with Gasteiger partial charge in [-0.2, -0.15) is 0 Å². The zero-order chi connectivity index (χ0) is 15.5. The van der Waals surface area contributed by atoms with Crippen molar-refractivity contribution in [2.75, 3.05) is 6.61 Å². The molecule has 0 N–H and O–H groups in total. The van der Waals surface area contributed by atoms with Gasteiger partial charge in [0.2, 0.25) is 0 Å². The van der Waals surface area contributed by atoms with Crippen molar-refractivity contribution < 1.29 is 14.0 Å². The number of esters is 1. The van der Waals surface area contributed by atoms with Crippen LogP contribution in [-0.4, -0.2) is 27.0 Å². The van der Waals surface area contributed by atoms with Crippen LogP contribution in [0, 0.1) is 5.92 Å². The number of hydrogen-bond donors (Lipinski definition) is 0. The summed E-state index contributed by atoms with van der Waals surface area (Å²) >= 11 is 0. The molecule has 0 aromatic carbocycles. The van der Waals surface area contributed by atoms with E-state index in [1.165, 1.54) is 0 Å². The van der Waals surface area contributed by atoms with Crippen molar-refractivity contribution in [3.63, 3.8) is 0 Å². The van der Waals surface area contributed by atoms with E-state index in [2.05, 4.69) is 48.5 Å². The Balaban J connectivity index is 2.79. The molecule has 0 amide bonds. The lowest BCUT2D eigenvalue weighted by molar-refractivity contribution is -0.141. The largest absolute Gasteiger partial charge is 0.462 e. The lowest BCUT2D eigenvalue weighted by Gasteiger charge is -2.43. The summed E-state index contributed by atoms with van der Waals surface area (Å²) in [4.78, 5) is 11.5. The molecule has 1 rings (SSSR count). The Hall–Kier alpha value is -0.353. The van der Waals surface area contributed by atoms with Crippen molar-refractivity contribution in [1.82, 2.24) is 0 Å². The van der Waals surface area contributed by atoms with Gasteiger partial charge in [-0.25, -0.2) is 0 Å². The van der Waals surface area contributed by atoms with Gasteiger partial charge in [0.1, 0.15) is 6.10 Å². The van der Waals surface area contributed by atoms with Gasteiger partial charge in [0.15, 0.2) is 8.32 Å². The minimum absolute atomic E-state index is 0.0562. The molecule has 1 saturated heterocycles. The lowest BCUT2D eigenvalue weighted by atomic mass is 10.0. The highest BCUT2D eigenvalue weighted by atomic mass is 28.4. The molecule has 0 saturated carbocycles. The summed E-state index contributed by atoms with van der Waals surface area (Å²) in [6, 6.07) is 0. The summed E-state index contributed by atoms with van der Waals surface area (Å²) in [5.41, 5.74) is 1.75. The summed E-state index contributed by atoms with van der Waals surface area (Å²) in [5.74, 6) is 0.187. The summed E-state index contributed by atoms with van der Waals surface area (Å²) in [5, 5.41) is 0. The van der Waals surface area contributed by atoms with Crippen LogP contribution in [0.2, 0.25) is 16.6 Å². The quantitative estimate of drug-likeness (QED) is 0.512. The molecule has 1 aliphatic rings. The predicted octanol–water partition coefficient (Wildman–Crippen LogP) is 4.52. The molecule has 0 aliphatic carbocycles. The van der Waals surface area contributed by atoms with Crippen molar-refractivity contribution in [3.05, 3.63) is 0 Å². The molecule has 2 atom stereocenters. The zero-order valence-corrected chi connectivity index (χ0v) is 15.2. The molecule has 0 bridgehead atoms. The second-order valence-corrected chi connectivity index (χ2v) is 12.5. The van der Waals surface area contributed by atoms with Crippen LogP contribution in [0.3, 0.4) is 0 Å². The monoisotopic (exact) mass is 300 g/mol. The Bertz CT molecular complexity index is 304. The maximum Gasteiger partial charge on any atom is 0.306 e. The van der Waals surface area contributed by atoms with E-state index < -0.39 is 8.32 Å². The second kappa shape index (κ2) is 7.08. The molecule has 1 heterocycles. The van der Waals surface area contributed by atoms with E-state index in [0.29, 0.717) is 29.7 Å². The lowest BCUT2D eigenvalue weighted by Crippen LogP contribution is -2.49. The van der Waals surface area contributed by atoms with Crippen LogP contribution in [-0.2, 0) is 14.0 Å². The number of hydrogen-bond acceptors (Lipinski definition) is 3. The average Bonchev–Trinajstić information content (AvgIpc) is 2.69. The Morgan fingerprint density at radius 3 is 2.05 bits per heavy atom. The van der Waals surface area contributed by atoms with Gasteiger partial charge in [0, 0.05) is 12.5 Å². The molecule has 0 aromatic rings. The van der Waals surface area contributed by atoms with Crippen LogP contribution < -0.4 is 0 Å². The third-order valence-corrected chi connectivity index (χ3v) is 11.0. The molecular formula is C16H32O3Si. The number of rotatable bonds is 7. The standard InChI is InChI=1S/C16H32O3Si/c1-8-15-14(9-16(17)19-15)10-18-20(11(2)3,12(4)5)13(6)7/h11-15H,8-10H2,1-7H3/t14-,15-/m1/s1. The van der Waals surface area contributed by atoms with Gasteiger partial charge in [0.05, 0.1) is 6.42 Å². The Kier molecular flexibility index (Phi) is 6.26. The van der Waals surface area contributed by atoms with Gasteiger partial charge in [-0.3, -0.25) is 4.79 Å². The SMILES string of the molecule is CC[C@H]1OC(=O)C[C@@H]1CO[Si](C(C)C)(C(C)C)C(C)C. The van der Waals surface area contributed by atoms with Crippen molar-refractivity contribution in [2.45, 2.75) is 84.0 Å². The van der Waals surface area contributed by atoms with Crippen molar-refractivity contribution in [2.24, 2.45) is 5.92 Å². The van der Waals surface area contributed by atoms with E-state index >= 15 is 0 Å². The van der Waals surface area contributed by atoms with E-state index in [9.17, 15) is 4.79 Å². The van der Waals surface area contributed by atoms with Gasteiger partial charge in [-0.1, -0.05) is 48.5 Å². The van der Waals surface area contributed by atoms with Crippen LogP contribution in [0.15, 0.2) is 0 Å². The maximum absolute atomic E-state index is 11.5. The first kappa shape index (κ1) is 17.7. The van der Waals surface area contributed by atoms with E-state index in [4.69, 9.17) is 9.16 Å². The third kappa shape index (κ3) is 3.45. The normalized spacial score (nSPS) is 24.0. The van der Waals surface area contributed by atoms with Crippen LogP contribution in [0.1, 0.15) is 61.3 Å². The predicted molar refractivity (Wildman–Crippen MR) is 85.3 cm³/mol. The van der Waals surface area contributed by atoms with Crippen molar-refractivity contribution in [3.8, 4) is 0 Å². The fraction of sp³-hybridized carbons (Fsp3) is 0.938. The van der Waals surface area contributed by atoms with E-state index in [-0.39, 0.29) is 18.0 Å². The summed E-state index contributed by atoms with van der Waals surface area (Å²) in [7, 11) is -1.83. The average molecular weight is 301 g/mol. The van der Waals surface area contributed by atoms with E-state index in [0.717, 1.165) is 6.42 Å². The first-order chi connectivity index (χ1) is 9.25. The molecule has 20 heavy (non-hydrogen) atoms. The Morgan fingerprint density at radius 2 is 1.65 bits per heavy atom. The molecule has 118 valence electrons. The van der Waals surface area contributed by atoms with E-state index in [1.54, 1.807) is 0 Å². The summed E-state index contributed by atoms with van der Waals surface area (Å²) < 4.78 is 12.0. The minimum Gasteiger partial charge on any atom is -0.462 e. The molecular weight excluding hydrogens is 268 g/mol. The topological polar surface area (TPSA) is 35.5 Å². The van der Waals surface area contributed by atoms with Crippen molar-refractivity contribution in [1.29, 1.82) is 0 Å². The highest BCUT2D eigenvalue weighted by molar-refractivity contribution is 6.77. The third-order valence-electron chi connectivity index (χ3n) is 4.89. The highest BCUT2D eigenvalue weighted by Crippen LogP contribution is 2.43. The maximum atomic E-state index is 11.5. The number of ether oxygens (including phenoxy) is 1.